The Bertz CT molecular complexity index is 1110. The average molecular weight is 366 g/mol. The number of amides is 1. The van der Waals surface area contributed by atoms with Crippen LogP contribution >= 0.6 is 0 Å². The number of rotatable bonds is 4. The van der Waals surface area contributed by atoms with Crippen molar-refractivity contribution in [3.8, 4) is 0 Å². The van der Waals surface area contributed by atoms with E-state index in [1.165, 1.54) is 6.20 Å². The Hall–Kier alpha value is -3.26. The second-order valence-corrected chi connectivity index (χ2v) is 6.43. The topological polar surface area (TPSA) is 106 Å². The molecule has 1 saturated heterocycles. The maximum atomic E-state index is 12.6. The van der Waals surface area contributed by atoms with E-state index in [0.29, 0.717) is 12.3 Å². The molecule has 1 atom stereocenters. The van der Waals surface area contributed by atoms with Crippen molar-refractivity contribution >= 4 is 22.5 Å². The fourth-order valence-electron chi connectivity index (χ4n) is 3.17. The van der Waals surface area contributed by atoms with E-state index >= 15 is 0 Å². The van der Waals surface area contributed by atoms with Gasteiger partial charge >= 0.3 is 5.69 Å². The number of fused-ring (bicyclic) bond motifs is 1. The second-order valence-electron chi connectivity index (χ2n) is 6.43. The summed E-state index contributed by atoms with van der Waals surface area (Å²) >= 11 is 0. The van der Waals surface area contributed by atoms with Gasteiger partial charge in [-0.15, -0.1) is 0 Å². The smallest absolute Gasteiger partial charge is 0.328 e. The minimum atomic E-state index is -0.638. The van der Waals surface area contributed by atoms with Crippen LogP contribution in [0.1, 0.15) is 23.2 Å². The van der Waals surface area contributed by atoms with E-state index in [1.54, 1.807) is 6.07 Å². The number of H-pyrrole nitrogens is 1. The number of hydrogen-bond acceptors (Lipinski definition) is 5. The van der Waals surface area contributed by atoms with Crippen LogP contribution in [0, 0.1) is 0 Å². The molecular weight excluding hydrogens is 348 g/mol. The first-order valence-electron chi connectivity index (χ1n) is 8.72. The van der Waals surface area contributed by atoms with Crippen molar-refractivity contribution in [1.29, 1.82) is 0 Å². The van der Waals surface area contributed by atoms with Crippen LogP contribution in [0.15, 0.2) is 52.3 Å². The molecule has 1 aliphatic rings. The first-order valence-corrected chi connectivity index (χ1v) is 8.72. The lowest BCUT2D eigenvalue weighted by molar-refractivity contribution is 0.0941. The van der Waals surface area contributed by atoms with Crippen molar-refractivity contribution in [2.75, 3.05) is 11.9 Å². The number of anilines is 1. The molecule has 1 unspecified atom stereocenters. The molecule has 138 valence electrons. The molecule has 3 heterocycles. The fourth-order valence-corrected chi connectivity index (χ4v) is 3.17. The molecule has 0 radical (unpaired) electrons. The van der Waals surface area contributed by atoms with Crippen LogP contribution in [0.5, 0.6) is 0 Å². The maximum absolute atomic E-state index is 12.6. The number of aromatic amines is 1. The first-order chi connectivity index (χ1) is 13.1. The Morgan fingerprint density at radius 3 is 3.00 bits per heavy atom. The maximum Gasteiger partial charge on any atom is 0.328 e. The zero-order chi connectivity index (χ0) is 18.8. The van der Waals surface area contributed by atoms with Crippen LogP contribution in [0.25, 0.3) is 10.9 Å². The third-order valence-corrected chi connectivity index (χ3v) is 4.56. The molecule has 2 N–H and O–H groups in total. The van der Waals surface area contributed by atoms with Gasteiger partial charge in [-0.25, -0.2) is 4.79 Å². The SMILES string of the molecule is O=C(Nc1cnc2ccccc2c1)c1c[nH]c(=O)n(CC2CCCO2)c1=O. The van der Waals surface area contributed by atoms with Gasteiger partial charge < -0.3 is 15.0 Å². The lowest BCUT2D eigenvalue weighted by atomic mass is 10.2. The molecule has 0 saturated carbocycles. The summed E-state index contributed by atoms with van der Waals surface area (Å²) in [6.45, 7) is 0.749. The Balaban J connectivity index is 1.60. The Morgan fingerprint density at radius 1 is 1.33 bits per heavy atom. The van der Waals surface area contributed by atoms with Crippen molar-refractivity contribution in [2.45, 2.75) is 25.5 Å². The van der Waals surface area contributed by atoms with Crippen LogP contribution in [0.3, 0.4) is 0 Å². The van der Waals surface area contributed by atoms with E-state index in [1.807, 2.05) is 24.3 Å². The van der Waals surface area contributed by atoms with Crippen LogP contribution in [-0.2, 0) is 11.3 Å². The lowest BCUT2D eigenvalue weighted by Crippen LogP contribution is -2.41. The lowest BCUT2D eigenvalue weighted by Gasteiger charge is -2.12. The number of hydrogen-bond donors (Lipinski definition) is 2. The number of benzene rings is 1. The zero-order valence-electron chi connectivity index (χ0n) is 14.5. The summed E-state index contributed by atoms with van der Waals surface area (Å²) in [4.78, 5) is 43.9. The van der Waals surface area contributed by atoms with Gasteiger partial charge in [-0.05, 0) is 25.0 Å². The van der Waals surface area contributed by atoms with E-state index in [-0.39, 0.29) is 18.2 Å². The molecule has 0 spiro atoms. The minimum absolute atomic E-state index is 0.132. The van der Waals surface area contributed by atoms with Crippen molar-refractivity contribution in [2.24, 2.45) is 0 Å². The van der Waals surface area contributed by atoms with E-state index in [4.69, 9.17) is 4.74 Å². The van der Waals surface area contributed by atoms with Crippen molar-refractivity contribution in [3.05, 3.63) is 69.1 Å². The monoisotopic (exact) mass is 366 g/mol. The van der Waals surface area contributed by atoms with Gasteiger partial charge in [0.25, 0.3) is 11.5 Å². The number of nitrogens with one attached hydrogen (secondary N) is 2. The van der Waals surface area contributed by atoms with Gasteiger partial charge in [-0.3, -0.25) is 19.1 Å². The third-order valence-electron chi connectivity index (χ3n) is 4.56. The molecule has 0 bridgehead atoms. The summed E-state index contributed by atoms with van der Waals surface area (Å²) in [5.41, 5.74) is -0.0610. The van der Waals surface area contributed by atoms with Crippen molar-refractivity contribution in [3.63, 3.8) is 0 Å². The zero-order valence-corrected chi connectivity index (χ0v) is 14.5. The molecule has 27 heavy (non-hydrogen) atoms. The molecule has 8 heteroatoms. The molecule has 0 aliphatic carbocycles. The van der Waals surface area contributed by atoms with Gasteiger partial charge in [-0.1, -0.05) is 18.2 Å². The largest absolute Gasteiger partial charge is 0.376 e. The van der Waals surface area contributed by atoms with Gasteiger partial charge in [-0.2, -0.15) is 0 Å². The summed E-state index contributed by atoms with van der Waals surface area (Å²) in [7, 11) is 0. The molecule has 1 amide bonds. The number of para-hydroxylation sites is 1. The summed E-state index contributed by atoms with van der Waals surface area (Å²) in [6.07, 6.45) is 4.15. The summed E-state index contributed by atoms with van der Waals surface area (Å²) in [5.74, 6) is -0.602. The van der Waals surface area contributed by atoms with Crippen LogP contribution in [0.4, 0.5) is 5.69 Å². The van der Waals surface area contributed by atoms with Gasteiger partial charge in [0.1, 0.15) is 5.56 Å². The summed E-state index contributed by atoms with van der Waals surface area (Å²) < 4.78 is 6.50. The molecule has 1 aliphatic heterocycles. The number of pyridine rings is 1. The fraction of sp³-hybridized carbons (Fsp3) is 0.263. The molecule has 2 aromatic heterocycles. The van der Waals surface area contributed by atoms with Gasteiger partial charge in [0.15, 0.2) is 0 Å². The standard InChI is InChI=1S/C19H18N4O4/c24-17(22-13-8-12-4-1-2-6-16(12)20-9-13)15-10-21-19(26)23(18(15)25)11-14-5-3-7-27-14/h1-2,4,6,8-10,14H,3,5,7,11H2,(H,21,26)(H,22,24). The molecule has 1 fully saturated rings. The summed E-state index contributed by atoms with van der Waals surface area (Å²) in [5, 5.41) is 3.53. The molecule has 4 rings (SSSR count). The normalized spacial score (nSPS) is 16.5. The predicted octanol–water partition coefficient (Wildman–Crippen LogP) is 1.52. The molecule has 3 aromatic rings. The second kappa shape index (κ2) is 7.16. The van der Waals surface area contributed by atoms with Crippen molar-refractivity contribution in [1.82, 2.24) is 14.5 Å². The number of aromatic nitrogens is 3. The highest BCUT2D eigenvalue weighted by atomic mass is 16.5. The van der Waals surface area contributed by atoms with Crippen LogP contribution in [0.2, 0.25) is 0 Å². The van der Waals surface area contributed by atoms with E-state index in [2.05, 4.69) is 15.3 Å². The van der Waals surface area contributed by atoms with Gasteiger partial charge in [0.05, 0.1) is 30.0 Å². The van der Waals surface area contributed by atoms with Crippen molar-refractivity contribution < 1.29 is 9.53 Å². The Labute approximate surface area is 153 Å². The van der Waals surface area contributed by atoms with E-state index in [9.17, 15) is 14.4 Å². The third kappa shape index (κ3) is 3.52. The predicted molar refractivity (Wildman–Crippen MR) is 100.0 cm³/mol. The molecular formula is C19H18N4O4. The van der Waals surface area contributed by atoms with Gasteiger partial charge in [0, 0.05) is 18.2 Å². The van der Waals surface area contributed by atoms with Crippen LogP contribution < -0.4 is 16.6 Å². The number of carbonyl (C=O) groups is 1. The summed E-state index contributed by atoms with van der Waals surface area (Å²) in [6, 6.07) is 9.28. The first kappa shape index (κ1) is 17.2. The highest BCUT2D eigenvalue weighted by Gasteiger charge is 2.21. The highest BCUT2D eigenvalue weighted by Crippen LogP contribution is 2.16. The molecule has 8 nitrogen and oxygen atoms in total. The minimum Gasteiger partial charge on any atom is -0.376 e. The molecule has 1 aromatic carbocycles. The quantitative estimate of drug-likeness (QED) is 0.728. The van der Waals surface area contributed by atoms with Crippen LogP contribution in [-0.4, -0.2) is 33.2 Å². The average Bonchev–Trinajstić information content (AvgIpc) is 3.18. The number of nitrogens with zero attached hydrogens (tertiary/aromatic N) is 2. The number of carbonyl (C=O) groups excluding carboxylic acids is 1. The highest BCUT2D eigenvalue weighted by molar-refractivity contribution is 6.04. The van der Waals surface area contributed by atoms with E-state index in [0.717, 1.165) is 34.5 Å². The number of ether oxygens (including phenoxy) is 1. The Kier molecular flexibility index (Phi) is 4.55. The van der Waals surface area contributed by atoms with Gasteiger partial charge in [0.2, 0.25) is 0 Å². The Morgan fingerprint density at radius 2 is 2.19 bits per heavy atom. The van der Waals surface area contributed by atoms with E-state index < -0.39 is 17.2 Å².